The van der Waals surface area contributed by atoms with Gasteiger partial charge in [-0.3, -0.25) is 0 Å². The first-order valence-corrected chi connectivity index (χ1v) is 6.75. The smallest absolute Gasteiger partial charge is 0.163 e. The average Bonchev–Trinajstić information content (AvgIpc) is 2.27. The van der Waals surface area contributed by atoms with Crippen LogP contribution in [0.4, 0.5) is 5.69 Å². The third kappa shape index (κ3) is 2.30. The SMILES string of the molecule is Nc1cc2c(cc1CSC1COC1)OCCO2. The first-order chi connectivity index (χ1) is 8.33. The maximum absolute atomic E-state index is 6.01. The van der Waals surface area contributed by atoms with E-state index in [9.17, 15) is 0 Å². The van der Waals surface area contributed by atoms with Gasteiger partial charge in [-0.05, 0) is 11.6 Å². The van der Waals surface area contributed by atoms with E-state index >= 15 is 0 Å². The van der Waals surface area contributed by atoms with Crippen LogP contribution < -0.4 is 15.2 Å². The van der Waals surface area contributed by atoms with Gasteiger partial charge in [-0.1, -0.05) is 0 Å². The third-order valence-electron chi connectivity index (χ3n) is 2.89. The molecule has 0 aliphatic carbocycles. The molecule has 0 spiro atoms. The normalized spacial score (nSPS) is 18.8. The largest absolute Gasteiger partial charge is 0.486 e. The molecule has 0 unspecified atom stereocenters. The maximum Gasteiger partial charge on any atom is 0.163 e. The van der Waals surface area contributed by atoms with Gasteiger partial charge in [0.05, 0.1) is 18.5 Å². The van der Waals surface area contributed by atoms with Gasteiger partial charge in [0, 0.05) is 17.5 Å². The van der Waals surface area contributed by atoms with Crippen LogP contribution in [0.1, 0.15) is 5.56 Å². The molecule has 0 amide bonds. The van der Waals surface area contributed by atoms with Crippen molar-refractivity contribution in [2.24, 2.45) is 0 Å². The summed E-state index contributed by atoms with van der Waals surface area (Å²) in [6.07, 6.45) is 0. The zero-order chi connectivity index (χ0) is 11.7. The van der Waals surface area contributed by atoms with Crippen LogP contribution in [0, 0.1) is 0 Å². The van der Waals surface area contributed by atoms with Crippen molar-refractivity contribution in [3.05, 3.63) is 17.7 Å². The molecule has 0 atom stereocenters. The second-order valence-corrected chi connectivity index (χ2v) is 5.45. The van der Waals surface area contributed by atoms with Crippen molar-refractivity contribution < 1.29 is 14.2 Å². The van der Waals surface area contributed by atoms with E-state index in [0.29, 0.717) is 18.5 Å². The van der Waals surface area contributed by atoms with Crippen LogP contribution in [0.5, 0.6) is 11.5 Å². The minimum absolute atomic E-state index is 0.597. The van der Waals surface area contributed by atoms with E-state index in [1.807, 2.05) is 23.9 Å². The van der Waals surface area contributed by atoms with Gasteiger partial charge in [0.15, 0.2) is 11.5 Å². The van der Waals surface area contributed by atoms with Gasteiger partial charge in [-0.2, -0.15) is 0 Å². The molecule has 0 saturated carbocycles. The number of hydrogen-bond acceptors (Lipinski definition) is 5. The van der Waals surface area contributed by atoms with Crippen LogP contribution in [-0.4, -0.2) is 31.7 Å². The lowest BCUT2D eigenvalue weighted by Gasteiger charge is -2.26. The molecule has 2 aliphatic rings. The monoisotopic (exact) mass is 253 g/mol. The summed E-state index contributed by atoms with van der Waals surface area (Å²) >= 11 is 1.88. The Morgan fingerprint density at radius 3 is 2.53 bits per heavy atom. The van der Waals surface area contributed by atoms with Crippen LogP contribution in [0.15, 0.2) is 12.1 Å². The molecule has 5 heteroatoms. The zero-order valence-corrected chi connectivity index (χ0v) is 10.3. The van der Waals surface area contributed by atoms with Gasteiger partial charge in [0.2, 0.25) is 0 Å². The molecule has 2 heterocycles. The lowest BCUT2D eigenvalue weighted by Crippen LogP contribution is -2.30. The summed E-state index contributed by atoms with van der Waals surface area (Å²) in [5, 5.41) is 0.614. The van der Waals surface area contributed by atoms with Crippen LogP contribution >= 0.6 is 11.8 Å². The van der Waals surface area contributed by atoms with Crippen molar-refractivity contribution in [3.8, 4) is 11.5 Å². The number of benzene rings is 1. The second-order valence-electron chi connectivity index (χ2n) is 4.17. The summed E-state index contributed by atoms with van der Waals surface area (Å²) in [5.74, 6) is 2.47. The van der Waals surface area contributed by atoms with Crippen molar-refractivity contribution >= 4 is 17.4 Å². The summed E-state index contributed by atoms with van der Waals surface area (Å²) in [6, 6.07) is 3.86. The molecule has 2 N–H and O–H groups in total. The molecule has 1 fully saturated rings. The highest BCUT2D eigenvalue weighted by atomic mass is 32.2. The summed E-state index contributed by atoms with van der Waals surface area (Å²) in [5.41, 5.74) is 7.91. The Morgan fingerprint density at radius 2 is 1.88 bits per heavy atom. The van der Waals surface area contributed by atoms with E-state index in [1.54, 1.807) is 0 Å². The number of anilines is 1. The Morgan fingerprint density at radius 1 is 1.18 bits per heavy atom. The summed E-state index contributed by atoms with van der Waals surface area (Å²) in [7, 11) is 0. The molecule has 1 aromatic rings. The van der Waals surface area contributed by atoms with Crippen LogP contribution in [0.3, 0.4) is 0 Å². The van der Waals surface area contributed by atoms with Crippen molar-refractivity contribution in [1.29, 1.82) is 0 Å². The quantitative estimate of drug-likeness (QED) is 0.830. The molecule has 1 saturated heterocycles. The topological polar surface area (TPSA) is 53.7 Å². The van der Waals surface area contributed by atoms with E-state index in [2.05, 4.69) is 0 Å². The molecular formula is C12H15NO3S. The van der Waals surface area contributed by atoms with Crippen molar-refractivity contribution in [1.82, 2.24) is 0 Å². The Hall–Kier alpha value is -1.07. The number of rotatable bonds is 3. The molecule has 0 radical (unpaired) electrons. The summed E-state index contributed by atoms with van der Waals surface area (Å²) < 4.78 is 16.2. The van der Waals surface area contributed by atoms with Crippen LogP contribution in [0.2, 0.25) is 0 Å². The number of thioether (sulfide) groups is 1. The maximum atomic E-state index is 6.01. The van der Waals surface area contributed by atoms with Gasteiger partial charge < -0.3 is 19.9 Å². The van der Waals surface area contributed by atoms with Gasteiger partial charge in [-0.25, -0.2) is 0 Å². The Bertz CT molecular complexity index is 420. The molecular weight excluding hydrogens is 238 g/mol. The Kier molecular flexibility index (Phi) is 3.03. The molecule has 0 aromatic heterocycles. The highest BCUT2D eigenvalue weighted by Gasteiger charge is 2.20. The number of fused-ring (bicyclic) bond motifs is 1. The highest BCUT2D eigenvalue weighted by Crippen LogP contribution is 2.36. The molecule has 1 aromatic carbocycles. The van der Waals surface area contributed by atoms with Crippen molar-refractivity contribution in [2.45, 2.75) is 11.0 Å². The minimum atomic E-state index is 0.597. The zero-order valence-electron chi connectivity index (χ0n) is 9.48. The molecule has 3 rings (SSSR count). The van der Waals surface area contributed by atoms with Crippen molar-refractivity contribution in [3.63, 3.8) is 0 Å². The summed E-state index contributed by atoms with van der Waals surface area (Å²) in [6.45, 7) is 2.92. The lowest BCUT2D eigenvalue weighted by molar-refractivity contribution is 0.0455. The lowest BCUT2D eigenvalue weighted by atomic mass is 10.2. The number of nitrogen functional groups attached to an aromatic ring is 1. The average molecular weight is 253 g/mol. The molecule has 2 aliphatic heterocycles. The second kappa shape index (κ2) is 4.66. The van der Waals surface area contributed by atoms with Gasteiger partial charge >= 0.3 is 0 Å². The van der Waals surface area contributed by atoms with E-state index in [-0.39, 0.29) is 0 Å². The number of nitrogens with two attached hydrogens (primary N) is 1. The minimum Gasteiger partial charge on any atom is -0.486 e. The fraction of sp³-hybridized carbons (Fsp3) is 0.500. The fourth-order valence-corrected chi connectivity index (χ4v) is 2.84. The van der Waals surface area contributed by atoms with Crippen molar-refractivity contribution in [2.75, 3.05) is 32.2 Å². The van der Waals surface area contributed by atoms with Gasteiger partial charge in [0.1, 0.15) is 13.2 Å². The first-order valence-electron chi connectivity index (χ1n) is 5.70. The number of hydrogen-bond donors (Lipinski definition) is 1. The van der Waals surface area contributed by atoms with E-state index in [4.69, 9.17) is 19.9 Å². The predicted octanol–water partition coefficient (Wildman–Crippen LogP) is 1.67. The van der Waals surface area contributed by atoms with E-state index in [1.165, 1.54) is 0 Å². The van der Waals surface area contributed by atoms with E-state index in [0.717, 1.165) is 41.7 Å². The first kappa shape index (κ1) is 11.0. The van der Waals surface area contributed by atoms with Crippen LogP contribution in [0.25, 0.3) is 0 Å². The molecule has 4 nitrogen and oxygen atoms in total. The predicted molar refractivity (Wildman–Crippen MR) is 67.7 cm³/mol. The van der Waals surface area contributed by atoms with Crippen LogP contribution in [-0.2, 0) is 10.5 Å². The summed E-state index contributed by atoms with van der Waals surface area (Å²) in [4.78, 5) is 0. The highest BCUT2D eigenvalue weighted by molar-refractivity contribution is 7.99. The Labute approximate surface area is 104 Å². The fourth-order valence-electron chi connectivity index (χ4n) is 1.79. The number of ether oxygens (including phenoxy) is 3. The Balaban J connectivity index is 1.73. The van der Waals surface area contributed by atoms with Gasteiger partial charge in [-0.15, -0.1) is 11.8 Å². The van der Waals surface area contributed by atoms with E-state index < -0.39 is 0 Å². The standard InChI is InChI=1S/C12H15NO3S/c13-10-4-12-11(15-1-2-16-12)3-8(10)7-17-9-5-14-6-9/h3-4,9H,1-2,5-7,13H2. The molecule has 17 heavy (non-hydrogen) atoms. The third-order valence-corrected chi connectivity index (χ3v) is 4.11. The molecule has 0 bridgehead atoms. The molecule has 92 valence electrons. The van der Waals surface area contributed by atoms with Gasteiger partial charge in [0.25, 0.3) is 0 Å².